The highest BCUT2D eigenvalue weighted by molar-refractivity contribution is 7.18. The molecule has 2 aromatic heterocycles. The quantitative estimate of drug-likeness (QED) is 0.693. The van der Waals surface area contributed by atoms with E-state index in [2.05, 4.69) is 27.9 Å². The van der Waals surface area contributed by atoms with Crippen molar-refractivity contribution < 1.29 is 9.53 Å². The molecule has 0 saturated carbocycles. The highest BCUT2D eigenvalue weighted by Crippen LogP contribution is 2.31. The van der Waals surface area contributed by atoms with Gasteiger partial charge in [0.05, 0.1) is 12.5 Å². The molecule has 7 heteroatoms. The lowest BCUT2D eigenvalue weighted by molar-refractivity contribution is 0.0746. The molecule has 0 unspecified atom stereocenters. The molecule has 1 aliphatic rings. The molecule has 0 aliphatic carbocycles. The van der Waals surface area contributed by atoms with Gasteiger partial charge in [-0.25, -0.2) is 9.97 Å². The van der Waals surface area contributed by atoms with E-state index in [1.165, 1.54) is 4.88 Å². The normalized spacial score (nSPS) is 14.6. The predicted molar refractivity (Wildman–Crippen MR) is 108 cm³/mol. The summed E-state index contributed by atoms with van der Waals surface area (Å²) >= 11 is 1.73. The average molecular weight is 382 g/mol. The fourth-order valence-corrected chi connectivity index (χ4v) is 4.31. The largest absolute Gasteiger partial charge is 0.497 e. The Morgan fingerprint density at radius 2 is 2.00 bits per heavy atom. The van der Waals surface area contributed by atoms with Crippen LogP contribution in [0.25, 0.3) is 10.2 Å². The highest BCUT2D eigenvalue weighted by Gasteiger charge is 2.24. The van der Waals surface area contributed by atoms with Crippen LogP contribution in [0.3, 0.4) is 0 Å². The summed E-state index contributed by atoms with van der Waals surface area (Å²) in [5.74, 6) is 1.72. The second kappa shape index (κ2) is 7.52. The third-order valence-electron chi connectivity index (χ3n) is 4.89. The number of carbonyl (C=O) groups is 1. The topological polar surface area (TPSA) is 58.6 Å². The van der Waals surface area contributed by atoms with Crippen LogP contribution >= 0.6 is 11.3 Å². The number of piperazine rings is 1. The summed E-state index contributed by atoms with van der Waals surface area (Å²) in [4.78, 5) is 28.2. The van der Waals surface area contributed by atoms with Crippen molar-refractivity contribution in [2.75, 3.05) is 38.2 Å². The molecule has 1 saturated heterocycles. The van der Waals surface area contributed by atoms with Crippen LogP contribution in [0.5, 0.6) is 5.75 Å². The number of aryl methyl sites for hydroxylation is 1. The Labute approximate surface area is 162 Å². The molecule has 1 aromatic carbocycles. The number of thiophene rings is 1. The molecule has 0 atom stereocenters. The maximum atomic E-state index is 12.8. The minimum atomic E-state index is 0.0465. The number of hydrogen-bond acceptors (Lipinski definition) is 6. The molecule has 0 N–H and O–H groups in total. The maximum absolute atomic E-state index is 12.8. The van der Waals surface area contributed by atoms with Crippen LogP contribution in [-0.4, -0.2) is 54.1 Å². The number of nitrogens with zero attached hydrogens (tertiary/aromatic N) is 4. The SMILES string of the molecule is CCc1cc2c(N3CCN(C(=O)c4cccc(OC)c4)CC3)ncnc2s1. The summed E-state index contributed by atoms with van der Waals surface area (Å²) in [6.45, 7) is 5.03. The van der Waals surface area contributed by atoms with Crippen LogP contribution in [0.2, 0.25) is 0 Å². The third kappa shape index (κ3) is 3.47. The van der Waals surface area contributed by atoms with Crippen molar-refractivity contribution >= 4 is 33.3 Å². The molecule has 0 bridgehead atoms. The van der Waals surface area contributed by atoms with Crippen molar-refractivity contribution in [3.05, 3.63) is 47.1 Å². The molecule has 3 aromatic rings. The van der Waals surface area contributed by atoms with E-state index in [0.29, 0.717) is 24.4 Å². The first-order valence-electron chi connectivity index (χ1n) is 9.11. The number of aromatic nitrogens is 2. The minimum Gasteiger partial charge on any atom is -0.497 e. The molecule has 4 rings (SSSR count). The van der Waals surface area contributed by atoms with Crippen molar-refractivity contribution in [3.63, 3.8) is 0 Å². The van der Waals surface area contributed by atoms with E-state index in [4.69, 9.17) is 4.74 Å². The number of benzene rings is 1. The predicted octanol–water partition coefficient (Wildman–Crippen LogP) is 3.22. The van der Waals surface area contributed by atoms with Gasteiger partial charge in [-0.15, -0.1) is 11.3 Å². The number of ether oxygens (including phenoxy) is 1. The van der Waals surface area contributed by atoms with Gasteiger partial charge in [0.25, 0.3) is 5.91 Å². The van der Waals surface area contributed by atoms with Gasteiger partial charge < -0.3 is 14.5 Å². The first-order chi connectivity index (χ1) is 13.2. The fourth-order valence-electron chi connectivity index (χ4n) is 3.38. The third-order valence-corrected chi connectivity index (χ3v) is 6.08. The Morgan fingerprint density at radius 1 is 1.19 bits per heavy atom. The molecule has 1 amide bonds. The van der Waals surface area contributed by atoms with Crippen molar-refractivity contribution in [1.29, 1.82) is 0 Å². The van der Waals surface area contributed by atoms with Crippen molar-refractivity contribution in [2.24, 2.45) is 0 Å². The summed E-state index contributed by atoms with van der Waals surface area (Å²) in [6, 6.07) is 9.52. The maximum Gasteiger partial charge on any atom is 0.254 e. The monoisotopic (exact) mass is 382 g/mol. The average Bonchev–Trinajstić information content (AvgIpc) is 3.17. The Balaban J connectivity index is 1.49. The van der Waals surface area contributed by atoms with Crippen LogP contribution in [-0.2, 0) is 6.42 Å². The summed E-state index contributed by atoms with van der Waals surface area (Å²) < 4.78 is 5.23. The first kappa shape index (κ1) is 17.7. The van der Waals surface area contributed by atoms with E-state index in [0.717, 1.165) is 35.5 Å². The summed E-state index contributed by atoms with van der Waals surface area (Å²) in [5, 5.41) is 1.12. The van der Waals surface area contributed by atoms with E-state index < -0.39 is 0 Å². The van der Waals surface area contributed by atoms with Crippen LogP contribution in [0.4, 0.5) is 5.82 Å². The van der Waals surface area contributed by atoms with E-state index in [1.54, 1.807) is 30.8 Å². The van der Waals surface area contributed by atoms with Crippen molar-refractivity contribution in [2.45, 2.75) is 13.3 Å². The van der Waals surface area contributed by atoms with Gasteiger partial charge in [-0.05, 0) is 30.7 Å². The van der Waals surface area contributed by atoms with Gasteiger partial charge in [-0.3, -0.25) is 4.79 Å². The van der Waals surface area contributed by atoms with Gasteiger partial charge >= 0.3 is 0 Å². The number of fused-ring (bicyclic) bond motifs is 1. The van der Waals surface area contributed by atoms with E-state index in [-0.39, 0.29) is 5.91 Å². The van der Waals surface area contributed by atoms with Crippen molar-refractivity contribution in [1.82, 2.24) is 14.9 Å². The lowest BCUT2D eigenvalue weighted by Gasteiger charge is -2.35. The number of anilines is 1. The second-order valence-electron chi connectivity index (χ2n) is 6.49. The van der Waals surface area contributed by atoms with Crippen LogP contribution < -0.4 is 9.64 Å². The fraction of sp³-hybridized carbons (Fsp3) is 0.350. The Bertz CT molecular complexity index is 964. The van der Waals surface area contributed by atoms with E-state index in [1.807, 2.05) is 23.1 Å². The number of hydrogen-bond donors (Lipinski definition) is 0. The molecule has 140 valence electrons. The Hall–Kier alpha value is -2.67. The molecule has 0 spiro atoms. The molecule has 1 fully saturated rings. The zero-order valence-corrected chi connectivity index (χ0v) is 16.3. The zero-order chi connectivity index (χ0) is 18.8. The molecule has 6 nitrogen and oxygen atoms in total. The van der Waals surface area contributed by atoms with Gasteiger partial charge in [0.1, 0.15) is 22.7 Å². The minimum absolute atomic E-state index is 0.0465. The number of methoxy groups -OCH3 is 1. The standard InChI is InChI=1S/C20H22N4O2S/c1-3-16-12-17-18(21-13-22-19(17)27-16)23-7-9-24(10-8-23)20(25)14-5-4-6-15(11-14)26-2/h4-6,11-13H,3,7-10H2,1-2H3. The number of amides is 1. The van der Waals surface area contributed by atoms with Crippen LogP contribution in [0, 0.1) is 0 Å². The second-order valence-corrected chi connectivity index (χ2v) is 7.61. The van der Waals surface area contributed by atoms with Gasteiger partial charge in [0.15, 0.2) is 0 Å². The molecule has 0 radical (unpaired) electrons. The summed E-state index contributed by atoms with van der Waals surface area (Å²) in [6.07, 6.45) is 2.64. The van der Waals surface area contributed by atoms with E-state index in [9.17, 15) is 4.79 Å². The lowest BCUT2D eigenvalue weighted by Crippen LogP contribution is -2.49. The Kier molecular flexibility index (Phi) is 4.94. The van der Waals surface area contributed by atoms with Gasteiger partial charge in [-0.1, -0.05) is 13.0 Å². The number of rotatable bonds is 4. The highest BCUT2D eigenvalue weighted by atomic mass is 32.1. The zero-order valence-electron chi connectivity index (χ0n) is 15.5. The first-order valence-corrected chi connectivity index (χ1v) is 9.93. The number of carbonyl (C=O) groups excluding carboxylic acids is 1. The molecular formula is C20H22N4O2S. The molecule has 3 heterocycles. The van der Waals surface area contributed by atoms with Gasteiger partial charge in [0.2, 0.25) is 0 Å². The summed E-state index contributed by atoms with van der Waals surface area (Å²) in [5.41, 5.74) is 0.664. The Morgan fingerprint density at radius 3 is 2.74 bits per heavy atom. The molecule has 27 heavy (non-hydrogen) atoms. The van der Waals surface area contributed by atoms with Crippen LogP contribution in [0.1, 0.15) is 22.2 Å². The van der Waals surface area contributed by atoms with E-state index >= 15 is 0 Å². The van der Waals surface area contributed by atoms with Gasteiger partial charge in [0, 0.05) is 36.6 Å². The lowest BCUT2D eigenvalue weighted by atomic mass is 10.1. The molecular weight excluding hydrogens is 360 g/mol. The summed E-state index contributed by atoms with van der Waals surface area (Å²) in [7, 11) is 1.61. The van der Waals surface area contributed by atoms with Crippen LogP contribution in [0.15, 0.2) is 36.7 Å². The smallest absolute Gasteiger partial charge is 0.254 e. The van der Waals surface area contributed by atoms with Gasteiger partial charge in [-0.2, -0.15) is 0 Å². The molecule has 1 aliphatic heterocycles. The van der Waals surface area contributed by atoms with Crippen molar-refractivity contribution in [3.8, 4) is 5.75 Å².